The van der Waals surface area contributed by atoms with Gasteiger partial charge < -0.3 is 15.5 Å². The van der Waals surface area contributed by atoms with Gasteiger partial charge in [-0.25, -0.2) is 0 Å². The third kappa shape index (κ3) is 5.58. The predicted octanol–water partition coefficient (Wildman–Crippen LogP) is 3.07. The molecule has 0 saturated carbocycles. The molecule has 2 rings (SSSR count). The predicted molar refractivity (Wildman–Crippen MR) is 106 cm³/mol. The highest BCUT2D eigenvalue weighted by molar-refractivity contribution is 6.07. The van der Waals surface area contributed by atoms with Crippen molar-refractivity contribution < 1.29 is 9.59 Å². The van der Waals surface area contributed by atoms with Gasteiger partial charge >= 0.3 is 0 Å². The molecule has 6 nitrogen and oxygen atoms in total. The number of carbonyl (C=O) groups excluding carboxylic acids is 2. The maximum atomic E-state index is 12.5. The number of nitrogens with zero attached hydrogens (tertiary/aromatic N) is 2. The molecule has 0 aromatic heterocycles. The van der Waals surface area contributed by atoms with Gasteiger partial charge in [0, 0.05) is 37.9 Å². The van der Waals surface area contributed by atoms with Gasteiger partial charge in [0.15, 0.2) is 0 Å². The molecule has 1 aliphatic rings. The lowest BCUT2D eigenvalue weighted by Crippen LogP contribution is -2.27. The fourth-order valence-corrected chi connectivity index (χ4v) is 3.16. The Hall–Kier alpha value is -2.81. The maximum absolute atomic E-state index is 12.5. The number of rotatable bonds is 8. The van der Waals surface area contributed by atoms with Crippen LogP contribution in [0.4, 0.5) is 5.69 Å². The van der Waals surface area contributed by atoms with Crippen LogP contribution in [0.1, 0.15) is 50.2 Å². The molecule has 0 aliphatic carbocycles. The van der Waals surface area contributed by atoms with E-state index in [9.17, 15) is 14.9 Å². The highest BCUT2D eigenvalue weighted by Crippen LogP contribution is 2.27. The molecule has 0 spiro atoms. The smallest absolute Gasteiger partial charge is 0.267 e. The second-order valence-electron chi connectivity index (χ2n) is 7.11. The number of para-hydroxylation sites is 1. The molecule has 6 heteroatoms. The summed E-state index contributed by atoms with van der Waals surface area (Å²) in [4.78, 5) is 25.9. The second-order valence-corrected chi connectivity index (χ2v) is 7.11. The Morgan fingerprint density at radius 2 is 2.19 bits per heavy atom. The van der Waals surface area contributed by atoms with Gasteiger partial charge in [0.05, 0.1) is 0 Å². The molecule has 1 aromatic carbocycles. The summed E-state index contributed by atoms with van der Waals surface area (Å²) in [5.41, 5.74) is 2.82. The molecule has 2 N–H and O–H groups in total. The molecular weight excluding hydrogens is 340 g/mol. The molecule has 0 radical (unpaired) electrons. The van der Waals surface area contributed by atoms with Crippen LogP contribution in [0.3, 0.4) is 0 Å². The molecular formula is C21H28N4O2. The Morgan fingerprint density at radius 3 is 2.81 bits per heavy atom. The van der Waals surface area contributed by atoms with E-state index in [0.717, 1.165) is 36.2 Å². The van der Waals surface area contributed by atoms with Crippen LogP contribution in [-0.4, -0.2) is 36.3 Å². The minimum Gasteiger partial charge on any atom is -0.390 e. The monoisotopic (exact) mass is 368 g/mol. The van der Waals surface area contributed by atoms with Gasteiger partial charge in [-0.2, -0.15) is 5.26 Å². The molecule has 1 saturated heterocycles. The van der Waals surface area contributed by atoms with Crippen molar-refractivity contribution in [3.05, 3.63) is 41.1 Å². The second kappa shape index (κ2) is 9.77. The van der Waals surface area contributed by atoms with Crippen molar-refractivity contribution in [2.75, 3.05) is 25.0 Å². The molecule has 1 fully saturated rings. The van der Waals surface area contributed by atoms with Gasteiger partial charge in [-0.3, -0.25) is 9.59 Å². The van der Waals surface area contributed by atoms with E-state index in [1.54, 1.807) is 0 Å². The quantitative estimate of drug-likeness (QED) is 0.419. The zero-order valence-corrected chi connectivity index (χ0v) is 16.3. The number of hydrogen-bond donors (Lipinski definition) is 2. The first-order chi connectivity index (χ1) is 12.9. The van der Waals surface area contributed by atoms with Gasteiger partial charge in [0.2, 0.25) is 5.91 Å². The Kier molecular flexibility index (Phi) is 7.42. The number of amides is 2. The lowest BCUT2D eigenvalue weighted by Gasteiger charge is -2.16. The minimum absolute atomic E-state index is 0.0326. The summed E-state index contributed by atoms with van der Waals surface area (Å²) in [6, 6.07) is 7.84. The van der Waals surface area contributed by atoms with Gasteiger partial charge in [0.25, 0.3) is 5.91 Å². The number of benzene rings is 1. The van der Waals surface area contributed by atoms with E-state index in [1.165, 1.54) is 6.20 Å². The maximum Gasteiger partial charge on any atom is 0.267 e. The third-order valence-electron chi connectivity index (χ3n) is 4.70. The lowest BCUT2D eigenvalue weighted by atomic mass is 9.98. The average molecular weight is 368 g/mol. The highest BCUT2D eigenvalue weighted by Gasteiger charge is 2.19. The first-order valence-corrected chi connectivity index (χ1v) is 9.46. The average Bonchev–Trinajstić information content (AvgIpc) is 3.04. The van der Waals surface area contributed by atoms with Crippen molar-refractivity contribution in [3.63, 3.8) is 0 Å². The molecule has 0 bridgehead atoms. The zero-order chi connectivity index (χ0) is 19.8. The zero-order valence-electron chi connectivity index (χ0n) is 16.3. The van der Waals surface area contributed by atoms with E-state index >= 15 is 0 Å². The van der Waals surface area contributed by atoms with Crippen molar-refractivity contribution in [1.29, 1.82) is 5.26 Å². The Bertz CT molecular complexity index is 762. The Labute approximate surface area is 161 Å². The van der Waals surface area contributed by atoms with E-state index in [4.69, 9.17) is 0 Å². The SMILES string of the molecule is Cc1cccc(C(C)C)c1NC(=O)/C(C#N)=C\NCCCN1CCCC1=O. The fraction of sp³-hybridized carbons (Fsp3) is 0.476. The van der Waals surface area contributed by atoms with Crippen molar-refractivity contribution in [2.45, 2.75) is 46.0 Å². The molecule has 0 atom stereocenters. The standard InChI is InChI=1S/C21H28N4O2/c1-15(2)18-8-4-7-16(3)20(18)24-21(27)17(13-22)14-23-10-6-12-25-11-5-9-19(25)26/h4,7-8,14-15,23H,5-6,9-12H2,1-3H3,(H,24,27)/b17-14-. The number of hydrogen-bond acceptors (Lipinski definition) is 4. The van der Waals surface area contributed by atoms with Gasteiger partial charge in [0.1, 0.15) is 11.6 Å². The van der Waals surface area contributed by atoms with Gasteiger partial charge in [-0.05, 0) is 36.8 Å². The summed E-state index contributed by atoms with van der Waals surface area (Å²) in [5, 5.41) is 15.2. The first kappa shape index (κ1) is 20.5. The first-order valence-electron chi connectivity index (χ1n) is 9.46. The fourth-order valence-electron chi connectivity index (χ4n) is 3.16. The summed E-state index contributed by atoms with van der Waals surface area (Å²) >= 11 is 0. The molecule has 1 aromatic rings. The number of nitrogens with one attached hydrogen (secondary N) is 2. The summed E-state index contributed by atoms with van der Waals surface area (Å²) in [6.45, 7) is 8.21. The summed E-state index contributed by atoms with van der Waals surface area (Å²) in [5.74, 6) is 0.0545. The van der Waals surface area contributed by atoms with Crippen LogP contribution in [0, 0.1) is 18.3 Å². The van der Waals surface area contributed by atoms with E-state index in [2.05, 4.69) is 24.5 Å². The molecule has 0 unspecified atom stereocenters. The van der Waals surface area contributed by atoms with E-state index < -0.39 is 5.91 Å². The number of aryl methyl sites for hydroxylation is 1. The van der Waals surface area contributed by atoms with Crippen molar-refractivity contribution in [2.24, 2.45) is 0 Å². The Morgan fingerprint density at radius 1 is 1.41 bits per heavy atom. The lowest BCUT2D eigenvalue weighted by molar-refractivity contribution is -0.127. The van der Waals surface area contributed by atoms with Crippen LogP contribution in [-0.2, 0) is 9.59 Å². The normalized spacial score (nSPS) is 14.4. The third-order valence-corrected chi connectivity index (χ3v) is 4.70. The molecule has 1 aliphatic heterocycles. The van der Waals surface area contributed by atoms with E-state index in [1.807, 2.05) is 36.1 Å². The van der Waals surface area contributed by atoms with Crippen molar-refractivity contribution >= 4 is 17.5 Å². The van der Waals surface area contributed by atoms with Gasteiger partial charge in [-0.15, -0.1) is 0 Å². The minimum atomic E-state index is -0.420. The number of likely N-dealkylation sites (tertiary alicyclic amines) is 1. The van der Waals surface area contributed by atoms with Crippen molar-refractivity contribution in [1.82, 2.24) is 10.2 Å². The summed E-state index contributed by atoms with van der Waals surface area (Å²) in [7, 11) is 0. The van der Waals surface area contributed by atoms with E-state index in [-0.39, 0.29) is 17.4 Å². The van der Waals surface area contributed by atoms with Crippen LogP contribution >= 0.6 is 0 Å². The number of nitriles is 1. The molecule has 144 valence electrons. The molecule has 2 amide bonds. The van der Waals surface area contributed by atoms with Crippen LogP contribution in [0.5, 0.6) is 0 Å². The van der Waals surface area contributed by atoms with Crippen LogP contribution in [0.15, 0.2) is 30.0 Å². The highest BCUT2D eigenvalue weighted by atomic mass is 16.2. The molecule has 27 heavy (non-hydrogen) atoms. The van der Waals surface area contributed by atoms with Crippen LogP contribution in [0.25, 0.3) is 0 Å². The number of carbonyl (C=O) groups is 2. The summed E-state index contributed by atoms with van der Waals surface area (Å²) in [6.07, 6.45) is 3.80. The van der Waals surface area contributed by atoms with Crippen LogP contribution < -0.4 is 10.6 Å². The van der Waals surface area contributed by atoms with Crippen LogP contribution in [0.2, 0.25) is 0 Å². The van der Waals surface area contributed by atoms with Crippen molar-refractivity contribution in [3.8, 4) is 6.07 Å². The summed E-state index contributed by atoms with van der Waals surface area (Å²) < 4.78 is 0. The topological polar surface area (TPSA) is 85.2 Å². The largest absolute Gasteiger partial charge is 0.390 e. The van der Waals surface area contributed by atoms with E-state index in [0.29, 0.717) is 19.5 Å². The number of anilines is 1. The van der Waals surface area contributed by atoms with Gasteiger partial charge in [-0.1, -0.05) is 32.0 Å². The molecule has 1 heterocycles. The Balaban J connectivity index is 1.91.